The van der Waals surface area contributed by atoms with Crippen molar-refractivity contribution in [1.29, 1.82) is 0 Å². The summed E-state index contributed by atoms with van der Waals surface area (Å²) in [5.41, 5.74) is 0.203. The number of aromatic nitrogens is 1. The van der Waals surface area contributed by atoms with E-state index in [9.17, 15) is 16.8 Å². The summed E-state index contributed by atoms with van der Waals surface area (Å²) in [4.78, 5) is -0.109. The van der Waals surface area contributed by atoms with Crippen LogP contribution in [0.25, 0.3) is 10.9 Å². The number of benzene rings is 2. The van der Waals surface area contributed by atoms with E-state index in [2.05, 4.69) is 4.72 Å². The largest absolute Gasteiger partial charge is 0.381 e. The van der Waals surface area contributed by atoms with E-state index in [1.165, 1.54) is 24.3 Å². The van der Waals surface area contributed by atoms with Crippen LogP contribution in [-0.2, 0) is 24.8 Å². The Labute approximate surface area is 174 Å². The fourth-order valence-electron chi connectivity index (χ4n) is 3.39. The number of nitrogens with one attached hydrogen (secondary N) is 1. The third kappa shape index (κ3) is 3.80. The van der Waals surface area contributed by atoms with Crippen molar-refractivity contribution in [3.8, 4) is 0 Å². The molecule has 2 aromatic carbocycles. The van der Waals surface area contributed by atoms with E-state index in [1.807, 2.05) is 0 Å². The average molecular weight is 455 g/mol. The molecule has 0 aliphatic carbocycles. The first kappa shape index (κ1) is 20.4. The first-order valence-corrected chi connectivity index (χ1v) is 12.3. The molecular weight excluding hydrogens is 436 g/mol. The Morgan fingerprint density at radius 1 is 0.966 bits per heavy atom. The Kier molecular flexibility index (Phi) is 5.43. The third-order valence-corrected chi connectivity index (χ3v) is 8.38. The quantitative estimate of drug-likeness (QED) is 0.639. The van der Waals surface area contributed by atoms with Crippen LogP contribution in [0.15, 0.2) is 64.5 Å². The molecule has 1 fully saturated rings. The fraction of sp³-hybridized carbons (Fsp3) is 0.263. The summed E-state index contributed by atoms with van der Waals surface area (Å²) in [5.74, 6) is 0. The molecule has 1 saturated heterocycles. The van der Waals surface area contributed by atoms with Gasteiger partial charge in [0.05, 0.1) is 15.4 Å². The highest BCUT2D eigenvalue weighted by Crippen LogP contribution is 2.34. The molecule has 0 unspecified atom stereocenters. The summed E-state index contributed by atoms with van der Waals surface area (Å²) >= 11 is 6.30. The molecule has 0 atom stereocenters. The van der Waals surface area contributed by atoms with Crippen LogP contribution in [0.2, 0.25) is 5.02 Å². The van der Waals surface area contributed by atoms with Gasteiger partial charge in [0.1, 0.15) is 4.90 Å². The number of halogens is 1. The van der Waals surface area contributed by atoms with Gasteiger partial charge in [0.15, 0.2) is 0 Å². The van der Waals surface area contributed by atoms with Crippen molar-refractivity contribution < 1.29 is 21.6 Å². The van der Waals surface area contributed by atoms with E-state index in [4.69, 9.17) is 16.3 Å². The molecule has 1 N–H and O–H groups in total. The summed E-state index contributed by atoms with van der Waals surface area (Å²) in [6.07, 6.45) is 2.22. The highest BCUT2D eigenvalue weighted by Gasteiger charge is 2.30. The predicted octanol–water partition coefficient (Wildman–Crippen LogP) is 2.99. The maximum atomic E-state index is 13.2. The smallest absolute Gasteiger partial charge is 0.268 e. The second-order valence-corrected chi connectivity index (χ2v) is 10.7. The number of nitrogens with zero attached hydrogens (tertiary/aromatic N) is 1. The van der Waals surface area contributed by atoms with Gasteiger partial charge in [-0.3, -0.25) is 0 Å². The lowest BCUT2D eigenvalue weighted by atomic mass is 10.1. The van der Waals surface area contributed by atoms with Crippen LogP contribution in [0.3, 0.4) is 0 Å². The van der Waals surface area contributed by atoms with Crippen LogP contribution in [0.4, 0.5) is 0 Å². The zero-order valence-electron chi connectivity index (χ0n) is 15.3. The minimum absolute atomic E-state index is 0.0539. The van der Waals surface area contributed by atoms with Crippen LogP contribution >= 0.6 is 11.6 Å². The van der Waals surface area contributed by atoms with Crippen molar-refractivity contribution in [2.45, 2.75) is 28.7 Å². The summed E-state index contributed by atoms with van der Waals surface area (Å²) in [6.45, 7) is 0.941. The maximum Gasteiger partial charge on any atom is 0.268 e. The molecule has 4 rings (SSSR count). The molecule has 0 saturated carbocycles. The molecule has 2 heterocycles. The molecule has 0 radical (unpaired) electrons. The molecule has 10 heteroatoms. The van der Waals surface area contributed by atoms with Gasteiger partial charge in [-0.25, -0.2) is 25.5 Å². The Morgan fingerprint density at radius 3 is 2.34 bits per heavy atom. The number of hydrogen-bond donors (Lipinski definition) is 1. The van der Waals surface area contributed by atoms with Gasteiger partial charge in [0, 0.05) is 30.8 Å². The Morgan fingerprint density at radius 2 is 1.66 bits per heavy atom. The van der Waals surface area contributed by atoms with Crippen molar-refractivity contribution in [2.75, 3.05) is 13.2 Å². The molecule has 0 amide bonds. The summed E-state index contributed by atoms with van der Waals surface area (Å²) in [5, 5.41) is 0.338. The normalized spacial score (nSPS) is 16.3. The average Bonchev–Trinajstić information content (AvgIpc) is 3.12. The molecular formula is C19H19ClN2O5S2. The van der Waals surface area contributed by atoms with Crippen molar-refractivity contribution in [3.05, 3.63) is 59.8 Å². The lowest BCUT2D eigenvalue weighted by molar-refractivity contribution is 0.0832. The lowest BCUT2D eigenvalue weighted by Crippen LogP contribution is -2.38. The van der Waals surface area contributed by atoms with E-state index in [0.717, 1.165) is 10.2 Å². The lowest BCUT2D eigenvalue weighted by Gasteiger charge is -2.22. The summed E-state index contributed by atoms with van der Waals surface area (Å²) in [7, 11) is -8.01. The van der Waals surface area contributed by atoms with Crippen molar-refractivity contribution in [1.82, 2.24) is 8.69 Å². The number of sulfonamides is 1. The van der Waals surface area contributed by atoms with Crippen LogP contribution < -0.4 is 4.72 Å². The Balaban J connectivity index is 1.88. The van der Waals surface area contributed by atoms with E-state index in [0.29, 0.717) is 26.1 Å². The molecule has 7 nitrogen and oxygen atoms in total. The predicted molar refractivity (Wildman–Crippen MR) is 110 cm³/mol. The highest BCUT2D eigenvalue weighted by molar-refractivity contribution is 7.91. The van der Waals surface area contributed by atoms with Gasteiger partial charge in [0.25, 0.3) is 10.0 Å². The second-order valence-electron chi connectivity index (χ2n) is 6.75. The number of rotatable bonds is 5. The zero-order valence-corrected chi connectivity index (χ0v) is 17.7. The minimum atomic E-state index is -4.01. The van der Waals surface area contributed by atoms with Gasteiger partial charge < -0.3 is 4.74 Å². The van der Waals surface area contributed by atoms with Crippen LogP contribution in [0, 0.1) is 0 Å². The maximum absolute atomic E-state index is 13.2. The molecule has 154 valence electrons. The first-order valence-electron chi connectivity index (χ1n) is 9.01. The second kappa shape index (κ2) is 7.73. The van der Waals surface area contributed by atoms with Gasteiger partial charge in [-0.1, -0.05) is 35.9 Å². The van der Waals surface area contributed by atoms with Crippen LogP contribution in [0.5, 0.6) is 0 Å². The van der Waals surface area contributed by atoms with E-state index >= 15 is 0 Å². The van der Waals surface area contributed by atoms with Crippen LogP contribution in [-0.4, -0.2) is 40.1 Å². The van der Waals surface area contributed by atoms with Crippen molar-refractivity contribution in [3.63, 3.8) is 0 Å². The Bertz CT molecular complexity index is 1250. The standard InChI is InChI=1S/C19H19ClN2O5S2/c20-16-7-4-8-17-19(16)18(28(23,24)21-14-9-11-27-12-10-14)13-22(17)29(25,26)15-5-2-1-3-6-15/h1-8,13-14,21H,9-12H2. The zero-order chi connectivity index (χ0) is 20.6. The summed E-state index contributed by atoms with van der Waals surface area (Å²) < 4.78 is 61.5. The molecule has 1 aliphatic heterocycles. The number of hydrogen-bond acceptors (Lipinski definition) is 5. The molecule has 29 heavy (non-hydrogen) atoms. The number of ether oxygens (including phenoxy) is 1. The number of fused-ring (bicyclic) bond motifs is 1. The summed E-state index contributed by atoms with van der Waals surface area (Å²) in [6, 6.07) is 12.2. The minimum Gasteiger partial charge on any atom is -0.381 e. The molecule has 3 aromatic rings. The van der Waals surface area contributed by atoms with E-state index in [-0.39, 0.29) is 31.8 Å². The molecule has 0 bridgehead atoms. The Hall–Kier alpha value is -1.91. The fourth-order valence-corrected chi connectivity index (χ4v) is 6.69. The van der Waals surface area contributed by atoms with E-state index < -0.39 is 20.0 Å². The van der Waals surface area contributed by atoms with Gasteiger partial charge in [-0.05, 0) is 37.1 Å². The molecule has 1 aliphatic rings. The van der Waals surface area contributed by atoms with Crippen LogP contribution in [0.1, 0.15) is 12.8 Å². The van der Waals surface area contributed by atoms with Gasteiger partial charge in [-0.2, -0.15) is 0 Å². The van der Waals surface area contributed by atoms with E-state index in [1.54, 1.807) is 24.3 Å². The van der Waals surface area contributed by atoms with Gasteiger partial charge in [-0.15, -0.1) is 0 Å². The molecule has 1 aromatic heterocycles. The SMILES string of the molecule is O=S(=O)(NC1CCOCC1)c1cn(S(=O)(=O)c2ccccc2)c2cccc(Cl)c12. The highest BCUT2D eigenvalue weighted by atomic mass is 35.5. The van der Waals surface area contributed by atoms with Gasteiger partial charge >= 0.3 is 0 Å². The van der Waals surface area contributed by atoms with Crippen molar-refractivity contribution >= 4 is 42.6 Å². The van der Waals surface area contributed by atoms with Gasteiger partial charge in [0.2, 0.25) is 10.0 Å². The monoisotopic (exact) mass is 454 g/mol. The topological polar surface area (TPSA) is 94.5 Å². The molecule has 0 spiro atoms. The first-order chi connectivity index (χ1) is 13.8. The third-order valence-electron chi connectivity index (χ3n) is 4.84. The van der Waals surface area contributed by atoms with Crippen molar-refractivity contribution in [2.24, 2.45) is 0 Å².